The SMILES string of the molecule is C=C(C)c1c(C)nc2c(F)cc(-c3nc(Nc4ccc5c(n4)CCNC5)ncc3F)cn12. The van der Waals surface area contributed by atoms with E-state index in [1.165, 1.54) is 6.07 Å². The van der Waals surface area contributed by atoms with E-state index in [9.17, 15) is 8.78 Å². The normalized spacial score (nSPS) is 13.2. The number of nitrogens with one attached hydrogen (secondary N) is 2. The van der Waals surface area contributed by atoms with Gasteiger partial charge in [-0.1, -0.05) is 12.6 Å². The molecule has 0 aliphatic carbocycles. The molecule has 0 radical (unpaired) electrons. The summed E-state index contributed by atoms with van der Waals surface area (Å²) in [5.41, 5.74) is 4.61. The minimum Gasteiger partial charge on any atom is -0.312 e. The Morgan fingerprint density at radius 3 is 2.84 bits per heavy atom. The van der Waals surface area contributed by atoms with Crippen LogP contribution in [0.5, 0.6) is 0 Å². The highest BCUT2D eigenvalue weighted by Crippen LogP contribution is 2.28. The highest BCUT2D eigenvalue weighted by molar-refractivity contribution is 5.69. The number of halogens is 2. The molecule has 0 unspecified atom stereocenters. The standard InChI is InChI=1S/C23H21F2N7/c1-12(2)21-13(3)28-22-16(24)8-15(11-32(21)22)20-17(25)10-27-23(31-20)30-19-5-4-14-9-26-7-6-18(14)29-19/h4-5,8,10-11,26H,1,6-7,9H2,2-3H3,(H,27,29,30,31). The number of fused-ring (bicyclic) bond motifs is 2. The maximum atomic E-state index is 14.8. The first-order valence-corrected chi connectivity index (χ1v) is 10.2. The Balaban J connectivity index is 1.55. The minimum atomic E-state index is -0.660. The van der Waals surface area contributed by atoms with Crippen LogP contribution in [0.4, 0.5) is 20.5 Å². The summed E-state index contributed by atoms with van der Waals surface area (Å²) in [6.45, 7) is 9.20. The van der Waals surface area contributed by atoms with Crippen molar-refractivity contribution in [2.75, 3.05) is 11.9 Å². The molecule has 9 heteroatoms. The lowest BCUT2D eigenvalue weighted by atomic mass is 10.1. The van der Waals surface area contributed by atoms with E-state index in [4.69, 9.17) is 0 Å². The molecule has 1 aliphatic heterocycles. The Morgan fingerprint density at radius 2 is 2.03 bits per heavy atom. The summed E-state index contributed by atoms with van der Waals surface area (Å²) in [5, 5.41) is 6.33. The molecule has 0 saturated heterocycles. The fourth-order valence-electron chi connectivity index (χ4n) is 4.01. The van der Waals surface area contributed by atoms with Gasteiger partial charge in [0.25, 0.3) is 0 Å². The third-order valence-corrected chi connectivity index (χ3v) is 5.43. The van der Waals surface area contributed by atoms with Gasteiger partial charge in [0.1, 0.15) is 11.5 Å². The molecule has 2 N–H and O–H groups in total. The number of pyridine rings is 2. The summed E-state index contributed by atoms with van der Waals surface area (Å²) in [6.07, 6.45) is 3.50. The third kappa shape index (κ3) is 3.50. The number of rotatable bonds is 4. The average Bonchev–Trinajstić information content (AvgIpc) is 3.11. The summed E-state index contributed by atoms with van der Waals surface area (Å²) < 4.78 is 31.1. The van der Waals surface area contributed by atoms with E-state index in [0.717, 1.165) is 42.5 Å². The van der Waals surface area contributed by atoms with Gasteiger partial charge in [-0.2, -0.15) is 0 Å². The summed E-state index contributed by atoms with van der Waals surface area (Å²) in [5.74, 6) is -0.493. The van der Waals surface area contributed by atoms with Gasteiger partial charge < -0.3 is 10.6 Å². The van der Waals surface area contributed by atoms with Crippen LogP contribution in [-0.4, -0.2) is 30.9 Å². The van der Waals surface area contributed by atoms with Gasteiger partial charge in [-0.15, -0.1) is 0 Å². The molecule has 0 bridgehead atoms. The van der Waals surface area contributed by atoms with Crippen molar-refractivity contribution < 1.29 is 8.78 Å². The molecule has 0 spiro atoms. The Kier molecular flexibility index (Phi) is 4.90. The maximum absolute atomic E-state index is 14.8. The van der Waals surface area contributed by atoms with Crippen molar-refractivity contribution in [3.8, 4) is 11.3 Å². The monoisotopic (exact) mass is 433 g/mol. The number of aromatic nitrogens is 5. The number of hydrogen-bond donors (Lipinski definition) is 2. The van der Waals surface area contributed by atoms with E-state index in [1.807, 2.05) is 19.1 Å². The molecule has 0 saturated carbocycles. The van der Waals surface area contributed by atoms with Crippen LogP contribution in [0.2, 0.25) is 0 Å². The summed E-state index contributed by atoms with van der Waals surface area (Å²) in [7, 11) is 0. The molecule has 32 heavy (non-hydrogen) atoms. The van der Waals surface area contributed by atoms with Crippen LogP contribution in [0.1, 0.15) is 29.6 Å². The molecule has 0 atom stereocenters. The number of imidazole rings is 1. The van der Waals surface area contributed by atoms with Gasteiger partial charge in [0.15, 0.2) is 17.3 Å². The van der Waals surface area contributed by atoms with Gasteiger partial charge in [0.2, 0.25) is 5.95 Å². The van der Waals surface area contributed by atoms with Crippen LogP contribution in [0.3, 0.4) is 0 Å². The molecule has 0 fully saturated rings. The van der Waals surface area contributed by atoms with Crippen LogP contribution in [0.25, 0.3) is 22.5 Å². The first-order chi connectivity index (χ1) is 15.4. The fourth-order valence-corrected chi connectivity index (χ4v) is 4.01. The molecule has 5 rings (SSSR count). The van der Waals surface area contributed by atoms with E-state index in [1.54, 1.807) is 17.5 Å². The lowest BCUT2D eigenvalue weighted by Gasteiger charge is -2.17. The predicted molar refractivity (Wildman–Crippen MR) is 119 cm³/mol. The molecule has 5 heterocycles. The van der Waals surface area contributed by atoms with E-state index < -0.39 is 11.6 Å². The molecule has 4 aromatic rings. The zero-order valence-electron chi connectivity index (χ0n) is 17.7. The zero-order chi connectivity index (χ0) is 22.4. The van der Waals surface area contributed by atoms with Gasteiger partial charge in [-0.25, -0.2) is 28.7 Å². The highest BCUT2D eigenvalue weighted by atomic mass is 19.1. The van der Waals surface area contributed by atoms with Gasteiger partial charge >= 0.3 is 0 Å². The van der Waals surface area contributed by atoms with Crippen molar-refractivity contribution in [1.82, 2.24) is 29.7 Å². The molecule has 1 aliphatic rings. The molecular weight excluding hydrogens is 412 g/mol. The quantitative estimate of drug-likeness (QED) is 0.502. The van der Waals surface area contributed by atoms with Gasteiger partial charge in [-0.3, -0.25) is 4.40 Å². The van der Waals surface area contributed by atoms with E-state index in [2.05, 4.69) is 37.1 Å². The van der Waals surface area contributed by atoms with Crippen molar-refractivity contribution in [3.63, 3.8) is 0 Å². The summed E-state index contributed by atoms with van der Waals surface area (Å²) in [6, 6.07) is 5.05. The largest absolute Gasteiger partial charge is 0.312 e. The second kappa shape index (κ2) is 7.76. The Hall–Kier alpha value is -3.72. The smallest absolute Gasteiger partial charge is 0.229 e. The van der Waals surface area contributed by atoms with Crippen molar-refractivity contribution in [2.24, 2.45) is 0 Å². The number of aryl methyl sites for hydroxylation is 1. The van der Waals surface area contributed by atoms with Crippen molar-refractivity contribution in [2.45, 2.75) is 26.8 Å². The molecule has 162 valence electrons. The molecule has 4 aromatic heterocycles. The van der Waals surface area contributed by atoms with Gasteiger partial charge in [-0.05, 0) is 37.1 Å². The number of hydrogen-bond acceptors (Lipinski definition) is 6. The lowest BCUT2D eigenvalue weighted by molar-refractivity contribution is 0.616. The Morgan fingerprint density at radius 1 is 1.19 bits per heavy atom. The van der Waals surface area contributed by atoms with Crippen LogP contribution in [-0.2, 0) is 13.0 Å². The average molecular weight is 433 g/mol. The minimum absolute atomic E-state index is 0.0236. The van der Waals surface area contributed by atoms with E-state index >= 15 is 0 Å². The summed E-state index contributed by atoms with van der Waals surface area (Å²) in [4.78, 5) is 17.2. The fraction of sp³-hybridized carbons (Fsp3) is 0.217. The Labute approximate surface area is 183 Å². The van der Waals surface area contributed by atoms with Crippen molar-refractivity contribution >= 4 is 23.0 Å². The second-order valence-electron chi connectivity index (χ2n) is 7.84. The van der Waals surface area contributed by atoms with Crippen LogP contribution in [0, 0.1) is 18.6 Å². The molecule has 0 amide bonds. The maximum Gasteiger partial charge on any atom is 0.229 e. The van der Waals surface area contributed by atoms with E-state index in [-0.39, 0.29) is 22.9 Å². The van der Waals surface area contributed by atoms with Crippen molar-refractivity contribution in [3.05, 3.63) is 71.5 Å². The summed E-state index contributed by atoms with van der Waals surface area (Å²) >= 11 is 0. The van der Waals surface area contributed by atoms with Gasteiger partial charge in [0.05, 0.1) is 17.6 Å². The van der Waals surface area contributed by atoms with Crippen LogP contribution in [0.15, 0.2) is 37.2 Å². The first-order valence-electron chi connectivity index (χ1n) is 10.2. The van der Waals surface area contributed by atoms with Crippen molar-refractivity contribution in [1.29, 1.82) is 0 Å². The van der Waals surface area contributed by atoms with E-state index in [0.29, 0.717) is 17.2 Å². The topological polar surface area (TPSA) is 80.0 Å². The molecular formula is C23H21F2N7. The third-order valence-electron chi connectivity index (χ3n) is 5.43. The van der Waals surface area contributed by atoms with Crippen LogP contribution < -0.4 is 10.6 Å². The predicted octanol–water partition coefficient (Wildman–Crippen LogP) is 4.20. The second-order valence-corrected chi connectivity index (χ2v) is 7.84. The van der Waals surface area contributed by atoms with Crippen LogP contribution >= 0.6 is 0 Å². The first kappa shape index (κ1) is 20.2. The highest BCUT2D eigenvalue weighted by Gasteiger charge is 2.18. The number of nitrogens with zero attached hydrogens (tertiary/aromatic N) is 5. The molecule has 7 nitrogen and oxygen atoms in total. The van der Waals surface area contributed by atoms with Gasteiger partial charge in [0, 0.05) is 37.0 Å². The lowest BCUT2D eigenvalue weighted by Crippen LogP contribution is -2.24. The number of allylic oxidation sites excluding steroid dienone is 1. The Bertz CT molecular complexity index is 1380. The molecule has 0 aromatic carbocycles. The number of anilines is 2. The zero-order valence-corrected chi connectivity index (χ0v) is 17.7.